The van der Waals surface area contributed by atoms with E-state index < -0.39 is 6.04 Å². The molecule has 0 bridgehead atoms. The lowest BCUT2D eigenvalue weighted by atomic mass is 10.0. The highest BCUT2D eigenvalue weighted by atomic mass is 16.2. The zero-order valence-corrected chi connectivity index (χ0v) is 11.2. The molecule has 1 aromatic rings. The third-order valence-corrected chi connectivity index (χ3v) is 3.91. The van der Waals surface area contributed by atoms with Crippen LogP contribution in [0, 0.1) is 0 Å². The lowest BCUT2D eigenvalue weighted by molar-refractivity contribution is -0.136. The minimum Gasteiger partial charge on any atom is -0.321 e. The Morgan fingerprint density at radius 2 is 2.20 bits per heavy atom. The number of nitrogens with one attached hydrogen (secondary N) is 1. The Morgan fingerprint density at radius 1 is 1.40 bits per heavy atom. The maximum Gasteiger partial charge on any atom is 0.273 e. The maximum atomic E-state index is 12.4. The molecule has 2 aliphatic rings. The van der Waals surface area contributed by atoms with Gasteiger partial charge < -0.3 is 4.90 Å². The SMILES string of the molecule is CCc1ccnc2c1CN(C1CCC(=O)NC1=O)C2=O. The Balaban J connectivity index is 1.90. The second kappa shape index (κ2) is 4.70. The van der Waals surface area contributed by atoms with Gasteiger partial charge in [-0.25, -0.2) is 0 Å². The second-order valence-corrected chi connectivity index (χ2v) is 5.05. The van der Waals surface area contributed by atoms with Crippen LogP contribution in [-0.2, 0) is 22.6 Å². The molecule has 1 saturated heterocycles. The molecule has 1 aromatic heterocycles. The molecule has 2 aliphatic heterocycles. The summed E-state index contributed by atoms with van der Waals surface area (Å²) in [5.41, 5.74) is 2.43. The third kappa shape index (κ3) is 1.88. The minimum atomic E-state index is -0.570. The Bertz CT molecular complexity index is 612. The Hall–Kier alpha value is -2.24. The minimum absolute atomic E-state index is 0.218. The lowest BCUT2D eigenvalue weighted by Crippen LogP contribution is -2.52. The first-order chi connectivity index (χ1) is 9.61. The number of hydrogen-bond donors (Lipinski definition) is 1. The summed E-state index contributed by atoms with van der Waals surface area (Å²) in [5, 5.41) is 2.29. The Labute approximate surface area is 116 Å². The molecule has 1 atom stereocenters. The summed E-state index contributed by atoms with van der Waals surface area (Å²) in [6, 6.07) is 1.33. The first-order valence-electron chi connectivity index (χ1n) is 6.73. The van der Waals surface area contributed by atoms with E-state index in [1.165, 1.54) is 4.90 Å². The van der Waals surface area contributed by atoms with Crippen LogP contribution >= 0.6 is 0 Å². The summed E-state index contributed by atoms with van der Waals surface area (Å²) in [4.78, 5) is 41.1. The number of imide groups is 1. The molecule has 0 aromatic carbocycles. The van der Waals surface area contributed by atoms with Crippen molar-refractivity contribution in [1.29, 1.82) is 0 Å². The third-order valence-electron chi connectivity index (χ3n) is 3.91. The number of aryl methyl sites for hydroxylation is 1. The van der Waals surface area contributed by atoms with Gasteiger partial charge in [0, 0.05) is 24.7 Å². The average molecular weight is 273 g/mol. The van der Waals surface area contributed by atoms with Crippen LogP contribution in [0.4, 0.5) is 0 Å². The van der Waals surface area contributed by atoms with Crippen LogP contribution in [0.1, 0.15) is 41.4 Å². The van der Waals surface area contributed by atoms with Crippen LogP contribution in [0.3, 0.4) is 0 Å². The van der Waals surface area contributed by atoms with Crippen LogP contribution < -0.4 is 5.32 Å². The first-order valence-corrected chi connectivity index (χ1v) is 6.73. The Kier molecular flexibility index (Phi) is 3.00. The van der Waals surface area contributed by atoms with Crippen molar-refractivity contribution in [3.63, 3.8) is 0 Å². The molecule has 1 N–H and O–H groups in total. The number of nitrogens with zero attached hydrogens (tertiary/aromatic N) is 2. The molecule has 1 unspecified atom stereocenters. The summed E-state index contributed by atoms with van der Waals surface area (Å²) >= 11 is 0. The normalized spacial score (nSPS) is 21.9. The number of fused-ring (bicyclic) bond motifs is 1. The van der Waals surface area contributed by atoms with E-state index in [1.54, 1.807) is 6.20 Å². The van der Waals surface area contributed by atoms with Gasteiger partial charge in [0.25, 0.3) is 5.91 Å². The smallest absolute Gasteiger partial charge is 0.273 e. The quantitative estimate of drug-likeness (QED) is 0.791. The van der Waals surface area contributed by atoms with Crippen molar-refractivity contribution in [2.24, 2.45) is 0 Å². The molecule has 0 spiro atoms. The standard InChI is InChI=1S/C14H15N3O3/c1-2-8-5-6-15-12-9(8)7-17(14(12)20)10-3-4-11(18)16-13(10)19/h5-6,10H,2-4,7H2,1H3,(H,16,18,19). The fraction of sp³-hybridized carbons (Fsp3) is 0.429. The van der Waals surface area contributed by atoms with E-state index in [-0.39, 0.29) is 24.1 Å². The van der Waals surface area contributed by atoms with Gasteiger partial charge in [-0.15, -0.1) is 0 Å². The van der Waals surface area contributed by atoms with Crippen LogP contribution in [0.25, 0.3) is 0 Å². The van der Waals surface area contributed by atoms with Crippen LogP contribution in [-0.4, -0.2) is 33.6 Å². The molecule has 20 heavy (non-hydrogen) atoms. The summed E-state index contributed by atoms with van der Waals surface area (Å²) < 4.78 is 0. The van der Waals surface area contributed by atoms with Crippen molar-refractivity contribution in [2.45, 2.75) is 38.8 Å². The van der Waals surface area contributed by atoms with Gasteiger partial charge in [-0.1, -0.05) is 6.92 Å². The zero-order valence-electron chi connectivity index (χ0n) is 11.2. The predicted molar refractivity (Wildman–Crippen MR) is 69.7 cm³/mol. The lowest BCUT2D eigenvalue weighted by Gasteiger charge is -2.29. The number of piperidine rings is 1. The van der Waals surface area contributed by atoms with E-state index in [0.29, 0.717) is 18.7 Å². The van der Waals surface area contributed by atoms with Crippen molar-refractivity contribution < 1.29 is 14.4 Å². The van der Waals surface area contributed by atoms with Crippen LogP contribution in [0.5, 0.6) is 0 Å². The molecule has 6 nitrogen and oxygen atoms in total. The Morgan fingerprint density at radius 3 is 2.90 bits per heavy atom. The van der Waals surface area contributed by atoms with E-state index in [0.717, 1.165) is 17.5 Å². The van der Waals surface area contributed by atoms with Gasteiger partial charge in [-0.3, -0.25) is 24.7 Å². The number of carbonyl (C=O) groups is 3. The van der Waals surface area contributed by atoms with E-state index >= 15 is 0 Å². The van der Waals surface area contributed by atoms with Crippen molar-refractivity contribution in [1.82, 2.24) is 15.2 Å². The topological polar surface area (TPSA) is 79.4 Å². The molecule has 104 valence electrons. The summed E-state index contributed by atoms with van der Waals surface area (Å²) in [5.74, 6) is -0.881. The largest absolute Gasteiger partial charge is 0.321 e. The van der Waals surface area contributed by atoms with E-state index in [9.17, 15) is 14.4 Å². The maximum absolute atomic E-state index is 12.4. The van der Waals surface area contributed by atoms with Crippen LogP contribution in [0.15, 0.2) is 12.3 Å². The summed E-state index contributed by atoms with van der Waals surface area (Å²) in [7, 11) is 0. The molecule has 3 rings (SSSR count). The number of amides is 3. The summed E-state index contributed by atoms with van der Waals surface area (Å²) in [6.45, 7) is 2.42. The fourth-order valence-electron chi connectivity index (χ4n) is 2.83. The molecule has 3 heterocycles. The molecule has 3 amide bonds. The number of hydrogen-bond acceptors (Lipinski definition) is 4. The van der Waals surface area contributed by atoms with Gasteiger partial charge in [0.1, 0.15) is 11.7 Å². The average Bonchev–Trinajstić information content (AvgIpc) is 2.76. The molecule has 0 aliphatic carbocycles. The van der Waals surface area contributed by atoms with Gasteiger partial charge in [-0.2, -0.15) is 0 Å². The second-order valence-electron chi connectivity index (χ2n) is 5.05. The van der Waals surface area contributed by atoms with Gasteiger partial charge in [0.15, 0.2) is 0 Å². The first kappa shape index (κ1) is 12.8. The van der Waals surface area contributed by atoms with Gasteiger partial charge in [0.2, 0.25) is 11.8 Å². The number of aromatic nitrogens is 1. The molecular weight excluding hydrogens is 258 g/mol. The predicted octanol–water partition coefficient (Wildman–Crippen LogP) is 0.405. The van der Waals surface area contributed by atoms with Gasteiger partial charge in [0.05, 0.1) is 0 Å². The van der Waals surface area contributed by atoms with Crippen molar-refractivity contribution in [2.75, 3.05) is 0 Å². The highest BCUT2D eigenvalue weighted by Crippen LogP contribution is 2.28. The van der Waals surface area contributed by atoms with Gasteiger partial charge in [-0.05, 0) is 24.5 Å². The zero-order chi connectivity index (χ0) is 14.3. The summed E-state index contributed by atoms with van der Waals surface area (Å²) in [6.07, 6.45) is 3.10. The molecular formula is C14H15N3O3. The molecule has 0 saturated carbocycles. The van der Waals surface area contributed by atoms with Gasteiger partial charge >= 0.3 is 0 Å². The monoisotopic (exact) mass is 273 g/mol. The number of carbonyl (C=O) groups excluding carboxylic acids is 3. The number of pyridine rings is 1. The van der Waals surface area contributed by atoms with E-state index in [2.05, 4.69) is 10.3 Å². The van der Waals surface area contributed by atoms with E-state index in [1.807, 2.05) is 13.0 Å². The highest BCUT2D eigenvalue weighted by Gasteiger charge is 2.40. The number of rotatable bonds is 2. The van der Waals surface area contributed by atoms with Crippen molar-refractivity contribution in [3.05, 3.63) is 29.1 Å². The fourth-order valence-corrected chi connectivity index (χ4v) is 2.83. The molecule has 1 fully saturated rings. The van der Waals surface area contributed by atoms with Crippen molar-refractivity contribution in [3.8, 4) is 0 Å². The van der Waals surface area contributed by atoms with E-state index in [4.69, 9.17) is 0 Å². The molecule has 6 heteroatoms. The van der Waals surface area contributed by atoms with Crippen molar-refractivity contribution >= 4 is 17.7 Å². The van der Waals surface area contributed by atoms with Crippen LogP contribution in [0.2, 0.25) is 0 Å². The molecule has 0 radical (unpaired) electrons. The highest BCUT2D eigenvalue weighted by molar-refractivity contribution is 6.04.